The van der Waals surface area contributed by atoms with Crippen LogP contribution in [0.15, 0.2) is 36.4 Å². The third kappa shape index (κ3) is 7.24. The van der Waals surface area contributed by atoms with Gasteiger partial charge in [0.15, 0.2) is 6.10 Å². The lowest BCUT2D eigenvalue weighted by Gasteiger charge is -2.44. The SMILES string of the molecule is CN1CCC(C2CCN(C(=O)[C@@H](Cc3cc(Cl)c(N)c(C(F)(F)F)c3)OC(=O)N3CCC4(CC3)CC(=O)Nc3ccccc34)CC2)CC1. The molecule has 4 heterocycles. The number of nitrogens with two attached hydrogens (primary N) is 1. The Morgan fingerprint density at radius 1 is 1.00 bits per heavy atom. The molecule has 3 fully saturated rings. The summed E-state index contributed by atoms with van der Waals surface area (Å²) in [6, 6.07) is 9.83. The first-order valence-electron chi connectivity index (χ1n) is 16.8. The molecule has 0 aliphatic carbocycles. The Hall–Kier alpha value is -3.51. The van der Waals surface area contributed by atoms with Crippen LogP contribution in [0.2, 0.25) is 5.02 Å². The van der Waals surface area contributed by atoms with E-state index in [0.29, 0.717) is 57.3 Å². The summed E-state index contributed by atoms with van der Waals surface area (Å²) in [7, 11) is 2.13. The highest BCUT2D eigenvalue weighted by molar-refractivity contribution is 6.33. The van der Waals surface area contributed by atoms with Gasteiger partial charge in [0.1, 0.15) is 0 Å². The summed E-state index contributed by atoms with van der Waals surface area (Å²) in [4.78, 5) is 45.7. The summed E-state index contributed by atoms with van der Waals surface area (Å²) < 4.78 is 47.3. The molecule has 0 radical (unpaired) electrons. The molecule has 1 spiro atoms. The number of para-hydroxylation sites is 1. The first-order valence-corrected chi connectivity index (χ1v) is 17.2. The Kier molecular flexibility index (Phi) is 9.86. The van der Waals surface area contributed by atoms with E-state index in [-0.39, 0.29) is 22.9 Å². The maximum atomic E-state index is 14.0. The number of nitrogens with one attached hydrogen (secondary N) is 1. The van der Waals surface area contributed by atoms with Crippen molar-refractivity contribution in [3.63, 3.8) is 0 Å². The van der Waals surface area contributed by atoms with Crippen LogP contribution in [-0.2, 0) is 32.3 Å². The van der Waals surface area contributed by atoms with Crippen molar-refractivity contribution in [2.75, 3.05) is 57.4 Å². The summed E-state index contributed by atoms with van der Waals surface area (Å²) in [5.74, 6) is 0.601. The van der Waals surface area contributed by atoms with E-state index in [0.717, 1.165) is 56.1 Å². The molecule has 6 rings (SSSR count). The Bertz CT molecular complexity index is 1530. The highest BCUT2D eigenvalue weighted by atomic mass is 35.5. The number of hydrogen-bond donors (Lipinski definition) is 2. The van der Waals surface area contributed by atoms with E-state index >= 15 is 0 Å². The predicted molar refractivity (Wildman–Crippen MR) is 177 cm³/mol. The summed E-state index contributed by atoms with van der Waals surface area (Å²) >= 11 is 6.11. The van der Waals surface area contributed by atoms with Gasteiger partial charge in [-0.25, -0.2) is 4.79 Å². The van der Waals surface area contributed by atoms with Crippen LogP contribution in [0.4, 0.5) is 29.3 Å². The second-order valence-corrected chi connectivity index (χ2v) is 14.4. The lowest BCUT2D eigenvalue weighted by atomic mass is 9.68. The average molecular weight is 690 g/mol. The van der Waals surface area contributed by atoms with E-state index in [4.69, 9.17) is 22.1 Å². The number of alkyl halides is 3. The number of anilines is 2. The van der Waals surface area contributed by atoms with Crippen molar-refractivity contribution in [2.45, 2.75) is 69.1 Å². The van der Waals surface area contributed by atoms with E-state index in [9.17, 15) is 27.6 Å². The number of carbonyl (C=O) groups is 3. The maximum Gasteiger partial charge on any atom is 0.418 e. The molecule has 9 nitrogen and oxygen atoms in total. The van der Waals surface area contributed by atoms with E-state index in [1.54, 1.807) is 4.90 Å². The molecule has 48 heavy (non-hydrogen) atoms. The number of nitrogens with zero attached hydrogens (tertiary/aromatic N) is 3. The molecule has 3 N–H and O–H groups in total. The number of amides is 3. The minimum Gasteiger partial charge on any atom is -0.436 e. The third-order valence-corrected chi connectivity index (χ3v) is 11.3. The van der Waals surface area contributed by atoms with Crippen LogP contribution in [-0.4, -0.2) is 85.0 Å². The highest BCUT2D eigenvalue weighted by Gasteiger charge is 2.44. The molecule has 1 atom stereocenters. The van der Waals surface area contributed by atoms with Crippen LogP contribution >= 0.6 is 11.6 Å². The topological polar surface area (TPSA) is 108 Å². The molecule has 2 aromatic rings. The van der Waals surface area contributed by atoms with Gasteiger partial charge in [-0.15, -0.1) is 0 Å². The number of fused-ring (bicyclic) bond motifs is 2. The van der Waals surface area contributed by atoms with Crippen molar-refractivity contribution in [3.8, 4) is 0 Å². The lowest BCUT2D eigenvalue weighted by Crippen LogP contribution is -2.51. The largest absolute Gasteiger partial charge is 0.436 e. The van der Waals surface area contributed by atoms with Crippen LogP contribution in [0.1, 0.15) is 61.6 Å². The number of nitrogen functional groups attached to an aromatic ring is 1. The van der Waals surface area contributed by atoms with Crippen LogP contribution in [0.25, 0.3) is 0 Å². The summed E-state index contributed by atoms with van der Waals surface area (Å²) in [5, 5.41) is 2.64. The lowest BCUT2D eigenvalue weighted by molar-refractivity contribution is -0.142. The van der Waals surface area contributed by atoms with Crippen molar-refractivity contribution in [3.05, 3.63) is 58.1 Å². The number of likely N-dealkylation sites (tertiary alicyclic amines) is 3. The Morgan fingerprint density at radius 2 is 1.62 bits per heavy atom. The molecule has 4 aliphatic rings. The monoisotopic (exact) mass is 689 g/mol. The average Bonchev–Trinajstić information content (AvgIpc) is 3.06. The molecule has 260 valence electrons. The molecule has 0 unspecified atom stereocenters. The first-order chi connectivity index (χ1) is 22.8. The summed E-state index contributed by atoms with van der Waals surface area (Å²) in [6.07, 6.45) is -1.83. The smallest absolute Gasteiger partial charge is 0.418 e. The normalized spacial score (nSPS) is 21.5. The number of halogens is 4. The van der Waals surface area contributed by atoms with Crippen molar-refractivity contribution in [1.82, 2.24) is 14.7 Å². The molecule has 3 amide bonds. The van der Waals surface area contributed by atoms with Gasteiger partial charge in [0.25, 0.3) is 5.91 Å². The molecule has 13 heteroatoms. The number of carbonyl (C=O) groups excluding carboxylic acids is 3. The maximum absolute atomic E-state index is 14.0. The molecule has 2 aromatic carbocycles. The van der Waals surface area contributed by atoms with Crippen molar-refractivity contribution in [1.29, 1.82) is 0 Å². The summed E-state index contributed by atoms with van der Waals surface area (Å²) in [5.41, 5.74) is 5.45. The second kappa shape index (κ2) is 13.8. The van der Waals surface area contributed by atoms with E-state index in [2.05, 4.69) is 17.3 Å². The molecule has 0 saturated carbocycles. The van der Waals surface area contributed by atoms with Crippen molar-refractivity contribution in [2.24, 2.45) is 11.8 Å². The number of piperidine rings is 3. The quantitative estimate of drug-likeness (QED) is 0.376. The van der Waals surface area contributed by atoms with Crippen LogP contribution in [0.3, 0.4) is 0 Å². The molecule has 0 aromatic heterocycles. The minimum absolute atomic E-state index is 0.0737. The second-order valence-electron chi connectivity index (χ2n) is 14.0. The minimum atomic E-state index is -4.76. The van der Waals surface area contributed by atoms with E-state index < -0.39 is 40.9 Å². The Morgan fingerprint density at radius 3 is 2.27 bits per heavy atom. The van der Waals surface area contributed by atoms with Crippen molar-refractivity contribution < 1.29 is 32.3 Å². The fourth-order valence-corrected chi connectivity index (χ4v) is 8.37. The predicted octanol–water partition coefficient (Wildman–Crippen LogP) is 5.95. The van der Waals surface area contributed by atoms with Gasteiger partial charge >= 0.3 is 12.3 Å². The van der Waals surface area contributed by atoms with Gasteiger partial charge < -0.3 is 30.5 Å². The van der Waals surface area contributed by atoms with Gasteiger partial charge in [-0.2, -0.15) is 13.2 Å². The molecular weight excluding hydrogens is 647 g/mol. The van der Waals surface area contributed by atoms with Gasteiger partial charge in [0, 0.05) is 50.1 Å². The van der Waals surface area contributed by atoms with Gasteiger partial charge in [-0.05, 0) is 99.8 Å². The molecule has 4 aliphatic heterocycles. The molecule has 0 bridgehead atoms. The zero-order valence-electron chi connectivity index (χ0n) is 27.2. The van der Waals surface area contributed by atoms with Crippen LogP contribution in [0, 0.1) is 11.8 Å². The number of benzene rings is 2. The zero-order chi connectivity index (χ0) is 34.2. The van der Waals surface area contributed by atoms with Gasteiger partial charge in [-0.1, -0.05) is 29.8 Å². The van der Waals surface area contributed by atoms with Crippen molar-refractivity contribution >= 4 is 40.9 Å². The van der Waals surface area contributed by atoms with Gasteiger partial charge in [0.2, 0.25) is 5.91 Å². The van der Waals surface area contributed by atoms with Crippen LogP contribution < -0.4 is 11.1 Å². The molecular formula is C35H43ClF3N5O4. The Labute approximate surface area is 283 Å². The van der Waals surface area contributed by atoms with Gasteiger partial charge in [-0.3, -0.25) is 9.59 Å². The number of rotatable bonds is 5. The van der Waals surface area contributed by atoms with E-state index in [1.807, 2.05) is 24.3 Å². The Balaban J connectivity index is 1.17. The fraction of sp³-hybridized carbons (Fsp3) is 0.571. The number of ether oxygens (including phenoxy) is 1. The first kappa shape index (κ1) is 34.4. The molecule has 3 saturated heterocycles. The standard InChI is InChI=1S/C35H43ClF3N5O4/c1-42-12-6-23(7-13-42)24-8-14-43(15-9-24)32(46)29(20-22-18-26(35(37,38)39)31(40)27(36)19-22)48-33(47)44-16-10-34(11-17-44)21-30(45)41-28-5-3-2-4-25(28)34/h2-5,18-19,23-24,29H,6-17,20-21,40H2,1H3,(H,41,45)/t29-/m1/s1. The van der Waals surface area contributed by atoms with Crippen LogP contribution in [0.5, 0.6) is 0 Å². The highest BCUT2D eigenvalue weighted by Crippen LogP contribution is 2.45. The zero-order valence-corrected chi connectivity index (χ0v) is 27.9. The third-order valence-electron chi connectivity index (χ3n) is 11.0. The van der Waals surface area contributed by atoms with Gasteiger partial charge in [0.05, 0.1) is 16.3 Å². The van der Waals surface area contributed by atoms with E-state index in [1.165, 1.54) is 11.0 Å². The number of hydrogen-bond acceptors (Lipinski definition) is 6. The fourth-order valence-electron chi connectivity index (χ4n) is 8.13. The summed E-state index contributed by atoms with van der Waals surface area (Å²) in [6.45, 7) is 3.71.